The van der Waals surface area contributed by atoms with Crippen LogP contribution in [0.4, 0.5) is 11.4 Å². The fraction of sp³-hybridized carbons (Fsp3) is 0.650. The molecule has 1 aromatic rings. The molecule has 1 aromatic carbocycles. The molecule has 0 aliphatic carbocycles. The van der Waals surface area contributed by atoms with Crippen molar-refractivity contribution < 1.29 is 9.66 Å². The molecule has 0 aromatic heterocycles. The molecule has 7 heteroatoms. The largest absolute Gasteiger partial charge is 0.371 e. The van der Waals surface area contributed by atoms with Crippen molar-refractivity contribution in [3.8, 4) is 0 Å². The topological polar surface area (TPSA) is 68.0 Å². The minimum Gasteiger partial charge on any atom is -0.371 e. The number of benzene rings is 1. The van der Waals surface area contributed by atoms with Crippen molar-refractivity contribution in [3.05, 3.63) is 33.9 Å². The summed E-state index contributed by atoms with van der Waals surface area (Å²) in [5.74, 6) is 1.42. The lowest BCUT2D eigenvalue weighted by molar-refractivity contribution is -0.384. The lowest BCUT2D eigenvalue weighted by Gasteiger charge is -2.35. The fourth-order valence-corrected chi connectivity index (χ4v) is 4.49. The smallest absolute Gasteiger partial charge is 0.269 e. The van der Waals surface area contributed by atoms with Crippen LogP contribution in [-0.4, -0.2) is 45.0 Å². The number of aliphatic imine (C=N–C) groups is 1. The maximum absolute atomic E-state index is 11.0. The van der Waals surface area contributed by atoms with Crippen LogP contribution in [0.1, 0.15) is 47.1 Å². The Morgan fingerprint density at radius 1 is 1.37 bits per heavy atom. The molecule has 1 aliphatic heterocycles. The Labute approximate surface area is 166 Å². The first-order chi connectivity index (χ1) is 12.5. The maximum atomic E-state index is 11.0. The molecule has 2 atom stereocenters. The summed E-state index contributed by atoms with van der Waals surface area (Å²) in [5, 5.41) is 11.9. The van der Waals surface area contributed by atoms with E-state index < -0.39 is 0 Å². The number of thioether (sulfide) groups is 1. The molecule has 150 valence electrons. The molecule has 27 heavy (non-hydrogen) atoms. The van der Waals surface area contributed by atoms with Crippen LogP contribution in [0.25, 0.3) is 0 Å². The van der Waals surface area contributed by atoms with Crippen LogP contribution in [0.2, 0.25) is 0 Å². The fourth-order valence-electron chi connectivity index (χ4n) is 3.18. The standard InChI is InChI=1S/C20H31N3O3S/c1-13(2)11-22-18(15(4)26-20(5,6)7)12-27-19(22)21-17-9-8-16(23(24)25)10-14(17)3/h8-10,13,15,18H,11-12H2,1-7H3/t15-,18+/m0/s1. The van der Waals surface area contributed by atoms with Gasteiger partial charge in [-0.25, -0.2) is 4.99 Å². The molecular weight excluding hydrogens is 362 g/mol. The number of amidine groups is 1. The molecule has 0 N–H and O–H groups in total. The normalized spacial score (nSPS) is 20.5. The highest BCUT2D eigenvalue weighted by Gasteiger charge is 2.36. The van der Waals surface area contributed by atoms with Crippen molar-refractivity contribution in [2.24, 2.45) is 10.9 Å². The Morgan fingerprint density at radius 3 is 2.56 bits per heavy atom. The van der Waals surface area contributed by atoms with Crippen molar-refractivity contribution >= 4 is 28.3 Å². The van der Waals surface area contributed by atoms with Crippen LogP contribution in [-0.2, 0) is 4.74 Å². The van der Waals surface area contributed by atoms with E-state index in [0.717, 1.165) is 28.7 Å². The van der Waals surface area contributed by atoms with Crippen molar-refractivity contribution in [2.45, 2.75) is 66.2 Å². The number of ether oxygens (including phenoxy) is 1. The van der Waals surface area contributed by atoms with Gasteiger partial charge in [0.2, 0.25) is 0 Å². The van der Waals surface area contributed by atoms with Gasteiger partial charge in [-0.3, -0.25) is 10.1 Å². The quantitative estimate of drug-likeness (QED) is 0.493. The van der Waals surface area contributed by atoms with Crippen molar-refractivity contribution in [3.63, 3.8) is 0 Å². The number of rotatable bonds is 6. The van der Waals surface area contributed by atoms with E-state index in [1.165, 1.54) is 6.07 Å². The van der Waals surface area contributed by atoms with E-state index in [1.807, 2.05) is 6.92 Å². The summed E-state index contributed by atoms with van der Waals surface area (Å²) < 4.78 is 6.21. The Morgan fingerprint density at radius 2 is 2.04 bits per heavy atom. The highest BCUT2D eigenvalue weighted by atomic mass is 32.2. The van der Waals surface area contributed by atoms with Crippen LogP contribution in [0.5, 0.6) is 0 Å². The van der Waals surface area contributed by atoms with Gasteiger partial charge in [0.15, 0.2) is 5.17 Å². The molecule has 1 aliphatic rings. The summed E-state index contributed by atoms with van der Waals surface area (Å²) in [6.45, 7) is 15.5. The molecule has 0 saturated carbocycles. The summed E-state index contributed by atoms with van der Waals surface area (Å²) in [7, 11) is 0. The van der Waals surface area contributed by atoms with E-state index in [-0.39, 0.29) is 28.4 Å². The highest BCUT2D eigenvalue weighted by molar-refractivity contribution is 8.14. The number of non-ortho nitro benzene ring substituents is 1. The summed E-state index contributed by atoms with van der Waals surface area (Å²) in [6.07, 6.45) is 0.0851. The molecule has 0 amide bonds. The first-order valence-corrected chi connectivity index (χ1v) is 10.4. The second-order valence-electron chi connectivity index (χ2n) is 8.48. The minimum absolute atomic E-state index is 0.0851. The van der Waals surface area contributed by atoms with Gasteiger partial charge in [0.05, 0.1) is 28.4 Å². The second-order valence-corrected chi connectivity index (χ2v) is 9.47. The summed E-state index contributed by atoms with van der Waals surface area (Å²) in [5.41, 5.74) is 1.49. The van der Waals surface area contributed by atoms with Crippen molar-refractivity contribution in [1.29, 1.82) is 0 Å². The number of nitrogens with zero attached hydrogens (tertiary/aromatic N) is 3. The van der Waals surface area contributed by atoms with Gasteiger partial charge in [0, 0.05) is 24.4 Å². The molecule has 0 unspecified atom stereocenters. The van der Waals surface area contributed by atoms with Gasteiger partial charge < -0.3 is 9.64 Å². The molecule has 1 fully saturated rings. The van der Waals surface area contributed by atoms with E-state index in [4.69, 9.17) is 9.73 Å². The van der Waals surface area contributed by atoms with Crippen LogP contribution >= 0.6 is 11.8 Å². The molecule has 1 heterocycles. The summed E-state index contributed by atoms with van der Waals surface area (Å²) in [6, 6.07) is 5.08. The molecule has 0 bridgehead atoms. The van der Waals surface area contributed by atoms with Crippen LogP contribution in [0.15, 0.2) is 23.2 Å². The van der Waals surface area contributed by atoms with Gasteiger partial charge in [-0.15, -0.1) is 0 Å². The zero-order valence-electron chi connectivity index (χ0n) is 17.4. The predicted octanol–water partition coefficient (Wildman–Crippen LogP) is 5.17. The molecule has 0 spiro atoms. The van der Waals surface area contributed by atoms with Gasteiger partial charge >= 0.3 is 0 Å². The number of nitro groups is 1. The number of aryl methyl sites for hydroxylation is 1. The Bertz CT molecular complexity index is 713. The third kappa shape index (κ3) is 5.94. The predicted molar refractivity (Wildman–Crippen MR) is 113 cm³/mol. The van der Waals surface area contributed by atoms with E-state index in [2.05, 4.69) is 46.4 Å². The molecule has 6 nitrogen and oxygen atoms in total. The van der Waals surface area contributed by atoms with Crippen molar-refractivity contribution in [2.75, 3.05) is 12.3 Å². The van der Waals surface area contributed by atoms with Crippen LogP contribution in [0.3, 0.4) is 0 Å². The zero-order valence-corrected chi connectivity index (χ0v) is 18.2. The Hall–Kier alpha value is -1.60. The van der Waals surface area contributed by atoms with E-state index in [9.17, 15) is 10.1 Å². The molecule has 1 saturated heterocycles. The van der Waals surface area contributed by atoms with Gasteiger partial charge in [-0.1, -0.05) is 25.6 Å². The van der Waals surface area contributed by atoms with E-state index in [0.29, 0.717) is 5.92 Å². The maximum Gasteiger partial charge on any atom is 0.269 e. The molecule has 2 rings (SSSR count). The minimum atomic E-state index is -0.374. The SMILES string of the molecule is Cc1cc([N+](=O)[O-])ccc1N=C1SC[C@H]([C@H](C)OC(C)(C)C)N1CC(C)C. The second kappa shape index (κ2) is 8.61. The molecular formula is C20H31N3O3S. The average Bonchev–Trinajstić information content (AvgIpc) is 2.89. The Kier molecular flexibility index (Phi) is 6.92. The number of nitro benzene ring substituents is 1. The Balaban J connectivity index is 2.29. The van der Waals surface area contributed by atoms with Gasteiger partial charge in [-0.05, 0) is 52.2 Å². The lowest BCUT2D eigenvalue weighted by atomic mass is 10.1. The summed E-state index contributed by atoms with van der Waals surface area (Å²) in [4.78, 5) is 17.8. The third-order valence-corrected chi connectivity index (χ3v) is 5.37. The lowest BCUT2D eigenvalue weighted by Crippen LogP contribution is -2.46. The number of hydrogen-bond acceptors (Lipinski definition) is 5. The zero-order chi connectivity index (χ0) is 20.4. The highest BCUT2D eigenvalue weighted by Crippen LogP contribution is 2.33. The van der Waals surface area contributed by atoms with E-state index >= 15 is 0 Å². The van der Waals surface area contributed by atoms with E-state index in [1.54, 1.807) is 23.9 Å². The first kappa shape index (κ1) is 21.7. The molecule has 0 radical (unpaired) electrons. The van der Waals surface area contributed by atoms with Crippen LogP contribution < -0.4 is 0 Å². The van der Waals surface area contributed by atoms with Crippen LogP contribution in [0, 0.1) is 23.0 Å². The van der Waals surface area contributed by atoms with Gasteiger partial charge in [0.25, 0.3) is 5.69 Å². The monoisotopic (exact) mass is 393 g/mol. The van der Waals surface area contributed by atoms with Gasteiger partial charge in [-0.2, -0.15) is 0 Å². The van der Waals surface area contributed by atoms with Crippen molar-refractivity contribution in [1.82, 2.24) is 4.90 Å². The van der Waals surface area contributed by atoms with Gasteiger partial charge in [0.1, 0.15) is 0 Å². The number of hydrogen-bond donors (Lipinski definition) is 0. The third-order valence-electron chi connectivity index (χ3n) is 4.28. The average molecular weight is 394 g/mol. The first-order valence-electron chi connectivity index (χ1n) is 9.39. The summed E-state index contributed by atoms with van der Waals surface area (Å²) >= 11 is 1.73.